The topological polar surface area (TPSA) is 105 Å². The Balaban J connectivity index is 2.02. The van der Waals surface area contributed by atoms with Gasteiger partial charge in [-0.2, -0.15) is 13.2 Å². The Hall–Kier alpha value is -2.94. The van der Waals surface area contributed by atoms with Crippen molar-refractivity contribution in [2.45, 2.75) is 29.8 Å². The van der Waals surface area contributed by atoms with E-state index >= 15 is 0 Å². The van der Waals surface area contributed by atoms with Gasteiger partial charge in [-0.25, -0.2) is 36.1 Å². The molecule has 1 saturated heterocycles. The molecule has 0 atom stereocenters. The Labute approximate surface area is 182 Å². The van der Waals surface area contributed by atoms with Crippen molar-refractivity contribution in [3.8, 4) is 0 Å². The Morgan fingerprint density at radius 2 is 1.73 bits per heavy atom. The second-order valence-corrected chi connectivity index (χ2v) is 8.74. The summed E-state index contributed by atoms with van der Waals surface area (Å²) in [6, 6.07) is 1.29. The second-order valence-electron chi connectivity index (χ2n) is 7.21. The van der Waals surface area contributed by atoms with Gasteiger partial charge >= 0.3 is 6.18 Å². The molecule has 0 spiro atoms. The number of pyridine rings is 1. The van der Waals surface area contributed by atoms with Crippen molar-refractivity contribution in [1.29, 1.82) is 0 Å². The number of piperidine rings is 1. The molecule has 2 heterocycles. The molecule has 15 heteroatoms. The lowest BCUT2D eigenvalue weighted by Gasteiger charge is -2.33. The molecule has 2 aromatic rings. The highest BCUT2D eigenvalue weighted by Gasteiger charge is 2.37. The van der Waals surface area contributed by atoms with Gasteiger partial charge in [-0.1, -0.05) is 0 Å². The summed E-state index contributed by atoms with van der Waals surface area (Å²) >= 11 is 0. The average Bonchev–Trinajstić information content (AvgIpc) is 2.68. The van der Waals surface area contributed by atoms with Crippen LogP contribution in [0.1, 0.15) is 28.8 Å². The van der Waals surface area contributed by atoms with Crippen LogP contribution in [-0.4, -0.2) is 38.3 Å². The van der Waals surface area contributed by atoms with Crippen LogP contribution in [0, 0.1) is 11.6 Å². The molecule has 1 aliphatic heterocycles. The zero-order valence-corrected chi connectivity index (χ0v) is 17.2. The van der Waals surface area contributed by atoms with Gasteiger partial charge in [0.25, 0.3) is 11.8 Å². The number of carbonyl (C=O) groups is 1. The van der Waals surface area contributed by atoms with Crippen LogP contribution in [0.3, 0.4) is 0 Å². The quantitative estimate of drug-likeness (QED) is 0.626. The second kappa shape index (κ2) is 8.44. The van der Waals surface area contributed by atoms with Crippen molar-refractivity contribution in [3.05, 3.63) is 47.2 Å². The van der Waals surface area contributed by atoms with E-state index in [1.54, 1.807) is 0 Å². The first kappa shape index (κ1) is 24.7. The Morgan fingerprint density at radius 3 is 2.27 bits per heavy atom. The number of benzene rings is 1. The van der Waals surface area contributed by atoms with Crippen molar-refractivity contribution >= 4 is 27.4 Å². The van der Waals surface area contributed by atoms with Crippen LogP contribution in [0.25, 0.3) is 0 Å². The molecule has 1 aromatic heterocycles. The van der Waals surface area contributed by atoms with Gasteiger partial charge in [0.15, 0.2) is 11.6 Å². The minimum Gasteiger partial charge on any atom is -0.356 e. The molecule has 1 aromatic carbocycles. The lowest BCUT2D eigenvalue weighted by Crippen LogP contribution is -2.40. The number of aromatic nitrogens is 1. The molecule has 33 heavy (non-hydrogen) atoms. The first-order chi connectivity index (χ1) is 15.1. The van der Waals surface area contributed by atoms with Crippen molar-refractivity contribution < 1.29 is 43.9 Å². The van der Waals surface area contributed by atoms with E-state index in [0.717, 1.165) is 0 Å². The van der Waals surface area contributed by atoms with Gasteiger partial charge in [0.1, 0.15) is 10.7 Å². The highest BCUT2D eigenvalue weighted by Crippen LogP contribution is 2.35. The predicted octanol–water partition coefficient (Wildman–Crippen LogP) is 3.51. The third-order valence-electron chi connectivity index (χ3n) is 4.79. The molecule has 1 amide bonds. The number of halogens is 7. The summed E-state index contributed by atoms with van der Waals surface area (Å²) in [4.78, 5) is 16.3. The molecule has 0 saturated carbocycles. The first-order valence-electron chi connectivity index (χ1n) is 9.12. The summed E-state index contributed by atoms with van der Waals surface area (Å²) in [7, 11) is -4.75. The van der Waals surface area contributed by atoms with Gasteiger partial charge in [-0.15, -0.1) is 0 Å². The molecular weight excluding hydrogens is 485 g/mol. The Morgan fingerprint density at radius 1 is 1.12 bits per heavy atom. The number of primary sulfonamides is 1. The molecule has 0 radical (unpaired) electrons. The molecule has 3 rings (SSSR count). The van der Waals surface area contributed by atoms with Crippen LogP contribution in [-0.2, 0) is 16.2 Å². The number of rotatable bonds is 4. The van der Waals surface area contributed by atoms with Crippen molar-refractivity contribution in [2.24, 2.45) is 5.14 Å². The smallest absolute Gasteiger partial charge is 0.356 e. The molecule has 0 aliphatic carbocycles. The lowest BCUT2D eigenvalue weighted by molar-refractivity contribution is -0.137. The van der Waals surface area contributed by atoms with Crippen LogP contribution in [0.15, 0.2) is 29.3 Å². The van der Waals surface area contributed by atoms with E-state index in [-0.39, 0.29) is 18.9 Å². The molecule has 7 nitrogen and oxygen atoms in total. The molecule has 1 fully saturated rings. The molecule has 1 aliphatic rings. The normalized spacial score (nSPS) is 16.5. The largest absolute Gasteiger partial charge is 0.417 e. The third-order valence-corrected chi connectivity index (χ3v) is 5.70. The summed E-state index contributed by atoms with van der Waals surface area (Å²) in [5.41, 5.74) is -2.65. The third kappa shape index (κ3) is 5.52. The van der Waals surface area contributed by atoms with Gasteiger partial charge in [0, 0.05) is 43.9 Å². The number of nitrogens with two attached hydrogens (primary N) is 1. The van der Waals surface area contributed by atoms with Gasteiger partial charge in [-0.05, 0) is 12.1 Å². The van der Waals surface area contributed by atoms with Crippen LogP contribution in [0.4, 0.5) is 42.2 Å². The maximum absolute atomic E-state index is 13.8. The monoisotopic (exact) mass is 500 g/mol. The van der Waals surface area contributed by atoms with Gasteiger partial charge < -0.3 is 10.2 Å². The van der Waals surface area contributed by atoms with E-state index in [4.69, 9.17) is 5.14 Å². The number of hydrogen-bond acceptors (Lipinski definition) is 5. The summed E-state index contributed by atoms with van der Waals surface area (Å²) in [6.45, 7) is -0.626. The van der Waals surface area contributed by atoms with E-state index < -0.39 is 74.2 Å². The van der Waals surface area contributed by atoms with Crippen LogP contribution >= 0.6 is 0 Å². The SMILES string of the molecule is NS(=O)(=O)c1cc(NC(=O)c2cc(C(F)(F)F)cnc2N2CCC(F)(F)CC2)cc(F)c1F. The fraction of sp³-hybridized carbons (Fsp3) is 0.333. The Bertz CT molecular complexity index is 1190. The maximum atomic E-state index is 13.8. The first-order valence-corrected chi connectivity index (χ1v) is 10.7. The highest BCUT2D eigenvalue weighted by molar-refractivity contribution is 7.89. The van der Waals surface area contributed by atoms with Crippen molar-refractivity contribution in [3.63, 3.8) is 0 Å². The average molecular weight is 500 g/mol. The number of sulfonamides is 1. The number of anilines is 2. The van der Waals surface area contributed by atoms with E-state index in [2.05, 4.69) is 4.98 Å². The summed E-state index contributed by atoms with van der Waals surface area (Å²) in [5.74, 6) is -8.14. The molecule has 0 bridgehead atoms. The predicted molar refractivity (Wildman–Crippen MR) is 101 cm³/mol. The van der Waals surface area contributed by atoms with E-state index in [0.29, 0.717) is 24.4 Å². The minimum atomic E-state index is -4.90. The number of nitrogens with one attached hydrogen (secondary N) is 1. The molecule has 0 unspecified atom stereocenters. The van der Waals surface area contributed by atoms with Crippen LogP contribution < -0.4 is 15.4 Å². The molecular formula is C18H15F7N4O3S. The number of hydrogen-bond donors (Lipinski definition) is 2. The van der Waals surface area contributed by atoms with E-state index in [1.807, 2.05) is 5.32 Å². The number of amides is 1. The van der Waals surface area contributed by atoms with Crippen molar-refractivity contribution in [1.82, 2.24) is 4.98 Å². The fourth-order valence-electron chi connectivity index (χ4n) is 3.12. The molecule has 3 N–H and O–H groups in total. The summed E-state index contributed by atoms with van der Waals surface area (Å²) in [6.07, 6.45) is -5.73. The number of nitrogens with zero attached hydrogens (tertiary/aromatic N) is 2. The van der Waals surface area contributed by atoms with Crippen LogP contribution in [0.5, 0.6) is 0 Å². The maximum Gasteiger partial charge on any atom is 0.417 e. The summed E-state index contributed by atoms with van der Waals surface area (Å²) in [5, 5.41) is 6.76. The minimum absolute atomic E-state index is 0.313. The zero-order chi connectivity index (χ0) is 24.8. The number of carbonyl (C=O) groups excluding carboxylic acids is 1. The van der Waals surface area contributed by atoms with Gasteiger partial charge in [0.05, 0.1) is 11.1 Å². The zero-order valence-electron chi connectivity index (χ0n) is 16.4. The molecule has 180 valence electrons. The van der Waals surface area contributed by atoms with E-state index in [1.165, 1.54) is 4.90 Å². The highest BCUT2D eigenvalue weighted by atomic mass is 32.2. The van der Waals surface area contributed by atoms with Crippen molar-refractivity contribution in [2.75, 3.05) is 23.3 Å². The lowest BCUT2D eigenvalue weighted by atomic mass is 10.1. The van der Waals surface area contributed by atoms with Gasteiger partial charge in [0.2, 0.25) is 10.0 Å². The fourth-order valence-corrected chi connectivity index (χ4v) is 3.76. The summed E-state index contributed by atoms with van der Waals surface area (Å²) < 4.78 is 117. The standard InChI is InChI=1S/C18H15F7N4O3S/c19-12-6-10(7-13(14(12)20)33(26,31)32)28-16(30)11-5-9(18(23,24)25)8-27-15(11)29-3-1-17(21,22)2-4-29/h5-8H,1-4H2,(H,28,30)(H2,26,31,32). The van der Waals surface area contributed by atoms with Gasteiger partial charge in [-0.3, -0.25) is 4.79 Å². The van der Waals surface area contributed by atoms with E-state index in [9.17, 15) is 43.9 Å². The number of alkyl halides is 5. The van der Waals surface area contributed by atoms with Crippen LogP contribution in [0.2, 0.25) is 0 Å². The Kier molecular flexibility index (Phi) is 6.32.